The maximum absolute atomic E-state index is 9.02. The van der Waals surface area contributed by atoms with Crippen molar-refractivity contribution in [3.05, 3.63) is 18.5 Å². The van der Waals surface area contributed by atoms with Gasteiger partial charge in [0.05, 0.1) is 25.7 Å². The molecule has 1 atom stereocenters. The van der Waals surface area contributed by atoms with Gasteiger partial charge in [0.15, 0.2) is 0 Å². The Kier molecular flexibility index (Phi) is 5.71. The Balaban J connectivity index is 0.000000162. The summed E-state index contributed by atoms with van der Waals surface area (Å²) in [5.41, 5.74) is 0. The molecule has 0 bridgehead atoms. The van der Waals surface area contributed by atoms with Gasteiger partial charge in [-0.1, -0.05) is 0 Å². The third-order valence-electron chi connectivity index (χ3n) is 1.82. The summed E-state index contributed by atoms with van der Waals surface area (Å²) in [4.78, 5) is 1.89. The van der Waals surface area contributed by atoms with E-state index in [0.717, 1.165) is 20.0 Å². The van der Waals surface area contributed by atoms with E-state index >= 15 is 0 Å². The topological polar surface area (TPSA) is 86.2 Å². The Hall–Kier alpha value is -1.15. The lowest BCUT2D eigenvalue weighted by molar-refractivity contribution is -0.00563. The van der Waals surface area contributed by atoms with E-state index < -0.39 is 0 Å². The Labute approximate surface area is 88.5 Å². The maximum Gasteiger partial charge on any atom is 0.106 e. The first-order valence-electron chi connectivity index (χ1n) is 4.72. The van der Waals surface area contributed by atoms with Crippen molar-refractivity contribution >= 4 is 0 Å². The highest BCUT2D eigenvalue weighted by atomic mass is 16.3. The molecule has 1 aromatic heterocycles. The summed E-state index contributed by atoms with van der Waals surface area (Å²) in [5.74, 6) is 0. The quantitative estimate of drug-likeness (QED) is 0.526. The molecule has 1 aliphatic rings. The van der Waals surface area contributed by atoms with Gasteiger partial charge in [-0.3, -0.25) is 15.5 Å². The zero-order valence-corrected chi connectivity index (χ0v) is 8.67. The summed E-state index contributed by atoms with van der Waals surface area (Å²) in [6.07, 6.45) is 2.80. The normalized spacial score (nSPS) is 18.8. The molecular weight excluding hydrogens is 196 g/mol. The Bertz CT molecular complexity index is 211. The van der Waals surface area contributed by atoms with E-state index in [4.69, 9.17) is 5.11 Å². The minimum atomic E-state index is -0.356. The highest BCUT2D eigenvalue weighted by molar-refractivity contribution is 4.69. The third kappa shape index (κ3) is 5.33. The van der Waals surface area contributed by atoms with Crippen molar-refractivity contribution < 1.29 is 5.11 Å². The highest BCUT2D eigenvalue weighted by Gasteiger charge is 2.11. The fourth-order valence-corrected chi connectivity index (χ4v) is 1.01. The first-order valence-corrected chi connectivity index (χ1v) is 4.72. The SMILES string of the molecule is CC(O)N1CNCNC1.c1cnnnc1. The van der Waals surface area contributed by atoms with Crippen LogP contribution in [0.4, 0.5) is 0 Å². The smallest absolute Gasteiger partial charge is 0.106 e. The molecule has 1 aliphatic heterocycles. The Morgan fingerprint density at radius 3 is 2.13 bits per heavy atom. The summed E-state index contributed by atoms with van der Waals surface area (Å²) in [7, 11) is 0. The summed E-state index contributed by atoms with van der Waals surface area (Å²) < 4.78 is 0. The van der Waals surface area contributed by atoms with Gasteiger partial charge in [-0.15, -0.1) is 10.2 Å². The van der Waals surface area contributed by atoms with Crippen LogP contribution in [0.3, 0.4) is 0 Å². The van der Waals surface area contributed by atoms with Crippen LogP contribution in [0.5, 0.6) is 0 Å². The monoisotopic (exact) mass is 212 g/mol. The van der Waals surface area contributed by atoms with E-state index in [1.165, 1.54) is 0 Å². The lowest BCUT2D eigenvalue weighted by Crippen LogP contribution is -2.53. The number of aromatic nitrogens is 3. The fraction of sp³-hybridized carbons (Fsp3) is 0.625. The van der Waals surface area contributed by atoms with E-state index in [1.807, 2.05) is 4.90 Å². The van der Waals surface area contributed by atoms with Gasteiger partial charge in [-0.2, -0.15) is 0 Å². The molecule has 3 N–H and O–H groups in total. The van der Waals surface area contributed by atoms with Gasteiger partial charge in [-0.25, -0.2) is 0 Å². The van der Waals surface area contributed by atoms with Crippen LogP contribution in [0, 0.1) is 0 Å². The summed E-state index contributed by atoms with van der Waals surface area (Å²) in [5, 5.41) is 25.3. The first kappa shape index (κ1) is 11.9. The van der Waals surface area contributed by atoms with E-state index in [0.29, 0.717) is 0 Å². The molecule has 1 fully saturated rings. The molecule has 1 aromatic rings. The number of nitrogens with zero attached hydrogens (tertiary/aromatic N) is 4. The lowest BCUT2D eigenvalue weighted by atomic mass is 10.5. The summed E-state index contributed by atoms with van der Waals surface area (Å²) >= 11 is 0. The molecule has 0 saturated carbocycles. The van der Waals surface area contributed by atoms with Gasteiger partial charge in [0.2, 0.25) is 0 Å². The number of aliphatic hydroxyl groups excluding tert-OH is 1. The second-order valence-corrected chi connectivity index (χ2v) is 3.02. The predicted molar refractivity (Wildman–Crippen MR) is 54.2 cm³/mol. The second kappa shape index (κ2) is 7.18. The number of hydrogen-bond donors (Lipinski definition) is 3. The average molecular weight is 212 g/mol. The molecule has 2 rings (SSSR count). The number of nitrogens with one attached hydrogen (secondary N) is 2. The van der Waals surface area contributed by atoms with Gasteiger partial charge in [0.25, 0.3) is 0 Å². The molecule has 0 aliphatic carbocycles. The average Bonchev–Trinajstić information content (AvgIpc) is 2.33. The molecule has 7 heteroatoms. The third-order valence-corrected chi connectivity index (χ3v) is 1.82. The Morgan fingerprint density at radius 1 is 1.27 bits per heavy atom. The molecule has 0 radical (unpaired) electrons. The van der Waals surface area contributed by atoms with Crippen molar-refractivity contribution in [2.45, 2.75) is 13.2 Å². The van der Waals surface area contributed by atoms with E-state index in [2.05, 4.69) is 26.0 Å². The molecular formula is C8H16N6O. The molecule has 1 unspecified atom stereocenters. The van der Waals surface area contributed by atoms with Crippen LogP contribution in [-0.2, 0) is 0 Å². The van der Waals surface area contributed by atoms with Crippen molar-refractivity contribution in [2.24, 2.45) is 0 Å². The van der Waals surface area contributed by atoms with Gasteiger partial charge in [0, 0.05) is 6.67 Å². The van der Waals surface area contributed by atoms with Crippen molar-refractivity contribution in [1.82, 2.24) is 30.9 Å². The molecule has 0 spiro atoms. The van der Waals surface area contributed by atoms with Crippen molar-refractivity contribution in [3.8, 4) is 0 Å². The van der Waals surface area contributed by atoms with Crippen LogP contribution >= 0.6 is 0 Å². The molecule has 1 saturated heterocycles. The van der Waals surface area contributed by atoms with Crippen LogP contribution in [0.15, 0.2) is 18.5 Å². The number of rotatable bonds is 1. The molecule has 2 heterocycles. The van der Waals surface area contributed by atoms with Crippen LogP contribution in [-0.4, -0.2) is 51.7 Å². The van der Waals surface area contributed by atoms with Gasteiger partial charge >= 0.3 is 0 Å². The summed E-state index contributed by atoms with van der Waals surface area (Å²) in [6.45, 7) is 4.13. The summed E-state index contributed by atoms with van der Waals surface area (Å²) in [6, 6.07) is 1.72. The molecule has 15 heavy (non-hydrogen) atoms. The van der Waals surface area contributed by atoms with Gasteiger partial charge in [0.1, 0.15) is 6.23 Å². The van der Waals surface area contributed by atoms with Crippen LogP contribution in [0.1, 0.15) is 6.92 Å². The van der Waals surface area contributed by atoms with Crippen LogP contribution in [0.2, 0.25) is 0 Å². The predicted octanol–water partition coefficient (Wildman–Crippen LogP) is -1.44. The minimum absolute atomic E-state index is 0.356. The lowest BCUT2D eigenvalue weighted by Gasteiger charge is -2.30. The van der Waals surface area contributed by atoms with Crippen molar-refractivity contribution in [1.29, 1.82) is 0 Å². The largest absolute Gasteiger partial charge is 0.379 e. The second-order valence-electron chi connectivity index (χ2n) is 3.02. The van der Waals surface area contributed by atoms with Gasteiger partial charge < -0.3 is 5.11 Å². The van der Waals surface area contributed by atoms with E-state index in [1.54, 1.807) is 25.4 Å². The van der Waals surface area contributed by atoms with Crippen molar-refractivity contribution in [3.63, 3.8) is 0 Å². The standard InChI is InChI=1S/C5H13N3O.C3H3N3/c1-5(9)8-3-6-2-7-4-8;1-2-4-6-5-3-1/h5-7,9H,2-4H2,1H3;1-3H. The van der Waals surface area contributed by atoms with Crippen LogP contribution < -0.4 is 10.6 Å². The molecule has 0 aromatic carbocycles. The zero-order chi connectivity index (χ0) is 10.9. The highest BCUT2D eigenvalue weighted by Crippen LogP contribution is 1.92. The van der Waals surface area contributed by atoms with Gasteiger partial charge in [-0.05, 0) is 18.2 Å². The Morgan fingerprint density at radius 2 is 1.87 bits per heavy atom. The van der Waals surface area contributed by atoms with Crippen molar-refractivity contribution in [2.75, 3.05) is 20.0 Å². The maximum atomic E-state index is 9.02. The minimum Gasteiger partial charge on any atom is -0.379 e. The zero-order valence-electron chi connectivity index (χ0n) is 8.67. The number of hydrogen-bond acceptors (Lipinski definition) is 7. The van der Waals surface area contributed by atoms with E-state index in [-0.39, 0.29) is 6.23 Å². The molecule has 0 amide bonds. The van der Waals surface area contributed by atoms with E-state index in [9.17, 15) is 0 Å². The molecule has 84 valence electrons. The van der Waals surface area contributed by atoms with Crippen LogP contribution in [0.25, 0.3) is 0 Å². The fourth-order valence-electron chi connectivity index (χ4n) is 1.01. The first-order chi connectivity index (χ1) is 7.30. The molecule has 7 nitrogen and oxygen atoms in total. The number of aliphatic hydroxyl groups is 1.